The van der Waals surface area contributed by atoms with Gasteiger partial charge in [0.15, 0.2) is 0 Å². The number of carbonyl (C=O) groups excluding carboxylic acids is 1. The number of nitrogens with zero attached hydrogens (tertiary/aromatic N) is 2. The molecule has 0 aromatic rings. The van der Waals surface area contributed by atoms with Gasteiger partial charge in [-0.25, -0.2) is 4.79 Å². The number of aliphatic carboxylic acids is 1. The number of carboxylic acid groups (broad SMARTS) is 1. The topological polar surface area (TPSA) is 60.9 Å². The Morgan fingerprint density at radius 3 is 2.52 bits per heavy atom. The fraction of sp³-hybridized carbons (Fsp3) is 0.875. The molecule has 5 nitrogen and oxygen atoms in total. The molecule has 2 aliphatic rings. The molecule has 1 aliphatic carbocycles. The van der Waals surface area contributed by atoms with E-state index in [1.165, 1.54) is 25.7 Å². The highest BCUT2D eigenvalue weighted by molar-refractivity contribution is 5.76. The van der Waals surface area contributed by atoms with Crippen molar-refractivity contribution in [3.8, 4) is 0 Å². The summed E-state index contributed by atoms with van der Waals surface area (Å²) in [6.45, 7) is 6.00. The van der Waals surface area contributed by atoms with Crippen LogP contribution in [0.25, 0.3) is 0 Å². The first-order valence-corrected chi connectivity index (χ1v) is 8.30. The summed E-state index contributed by atoms with van der Waals surface area (Å²) in [5, 5.41) is 8.92. The Labute approximate surface area is 127 Å². The normalized spacial score (nSPS) is 26.9. The average Bonchev–Trinajstić information content (AvgIpc) is 2.46. The highest BCUT2D eigenvalue weighted by Crippen LogP contribution is 2.36. The van der Waals surface area contributed by atoms with Gasteiger partial charge in [-0.3, -0.25) is 4.79 Å². The Morgan fingerprint density at radius 2 is 1.90 bits per heavy atom. The molecule has 1 heterocycles. The molecule has 0 aromatic heterocycles. The minimum atomic E-state index is -0.847. The second-order valence-corrected chi connectivity index (χ2v) is 6.55. The monoisotopic (exact) mass is 296 g/mol. The number of hydrogen-bond acceptors (Lipinski definition) is 2. The SMILES string of the molecule is CCN(C(=O)N1CCC2CCCCC2C1)C(C)CC(=O)O. The van der Waals surface area contributed by atoms with E-state index < -0.39 is 5.97 Å². The second kappa shape index (κ2) is 7.14. The van der Waals surface area contributed by atoms with Crippen molar-refractivity contribution in [2.24, 2.45) is 11.8 Å². The van der Waals surface area contributed by atoms with Crippen molar-refractivity contribution in [3.63, 3.8) is 0 Å². The van der Waals surface area contributed by atoms with Crippen LogP contribution in [0.15, 0.2) is 0 Å². The van der Waals surface area contributed by atoms with E-state index in [0.717, 1.165) is 25.4 Å². The fourth-order valence-electron chi connectivity index (χ4n) is 3.95. The van der Waals surface area contributed by atoms with Crippen molar-refractivity contribution in [2.75, 3.05) is 19.6 Å². The molecular weight excluding hydrogens is 268 g/mol. The van der Waals surface area contributed by atoms with Crippen molar-refractivity contribution < 1.29 is 14.7 Å². The van der Waals surface area contributed by atoms with Gasteiger partial charge in [0, 0.05) is 25.7 Å². The van der Waals surface area contributed by atoms with Crippen molar-refractivity contribution in [3.05, 3.63) is 0 Å². The van der Waals surface area contributed by atoms with Gasteiger partial charge in [0.25, 0.3) is 0 Å². The van der Waals surface area contributed by atoms with Gasteiger partial charge in [-0.2, -0.15) is 0 Å². The quantitative estimate of drug-likeness (QED) is 0.867. The third-order valence-electron chi connectivity index (χ3n) is 5.15. The molecule has 1 saturated heterocycles. The number of rotatable bonds is 4. The maximum Gasteiger partial charge on any atom is 0.320 e. The predicted molar refractivity (Wildman–Crippen MR) is 81.1 cm³/mol. The van der Waals surface area contributed by atoms with Crippen LogP contribution in [0.4, 0.5) is 4.79 Å². The molecule has 3 atom stereocenters. The van der Waals surface area contributed by atoms with Gasteiger partial charge in [0.2, 0.25) is 0 Å². The zero-order chi connectivity index (χ0) is 15.4. The van der Waals surface area contributed by atoms with Gasteiger partial charge in [-0.15, -0.1) is 0 Å². The van der Waals surface area contributed by atoms with Crippen molar-refractivity contribution in [1.82, 2.24) is 9.80 Å². The molecule has 1 saturated carbocycles. The second-order valence-electron chi connectivity index (χ2n) is 6.55. The largest absolute Gasteiger partial charge is 0.481 e. The average molecular weight is 296 g/mol. The van der Waals surface area contributed by atoms with Crippen LogP contribution in [-0.2, 0) is 4.79 Å². The highest BCUT2D eigenvalue weighted by atomic mass is 16.4. The Hall–Kier alpha value is -1.26. The van der Waals surface area contributed by atoms with Crippen molar-refractivity contribution >= 4 is 12.0 Å². The number of hydrogen-bond donors (Lipinski definition) is 1. The minimum absolute atomic E-state index is 0.0134. The number of fused-ring (bicyclic) bond motifs is 1. The summed E-state index contributed by atoms with van der Waals surface area (Å²) in [6, 6.07) is -0.223. The third kappa shape index (κ3) is 3.89. The summed E-state index contributed by atoms with van der Waals surface area (Å²) < 4.78 is 0. The first-order valence-electron chi connectivity index (χ1n) is 8.30. The van der Waals surface area contributed by atoms with E-state index in [2.05, 4.69) is 0 Å². The Morgan fingerprint density at radius 1 is 1.24 bits per heavy atom. The van der Waals surface area contributed by atoms with Crippen LogP contribution in [0.2, 0.25) is 0 Å². The summed E-state index contributed by atoms with van der Waals surface area (Å²) in [7, 11) is 0. The van der Waals surface area contributed by atoms with Gasteiger partial charge >= 0.3 is 12.0 Å². The summed E-state index contributed by atoms with van der Waals surface area (Å²) in [5.74, 6) is 0.610. The number of carbonyl (C=O) groups is 2. The van der Waals surface area contributed by atoms with Crippen LogP contribution in [-0.4, -0.2) is 52.6 Å². The fourth-order valence-corrected chi connectivity index (χ4v) is 3.95. The van der Waals surface area contributed by atoms with Crippen LogP contribution >= 0.6 is 0 Å². The lowest BCUT2D eigenvalue weighted by atomic mass is 9.75. The molecular formula is C16H28N2O3. The van der Waals surface area contributed by atoms with Crippen LogP contribution in [0.3, 0.4) is 0 Å². The van der Waals surface area contributed by atoms with Crippen LogP contribution in [0.1, 0.15) is 52.4 Å². The number of urea groups is 1. The molecule has 2 fully saturated rings. The zero-order valence-corrected chi connectivity index (χ0v) is 13.3. The number of piperidine rings is 1. The van der Waals surface area contributed by atoms with Crippen LogP contribution < -0.4 is 0 Å². The van der Waals surface area contributed by atoms with E-state index in [9.17, 15) is 9.59 Å². The molecule has 2 amide bonds. The Bertz CT molecular complexity index is 386. The smallest absolute Gasteiger partial charge is 0.320 e. The van der Waals surface area contributed by atoms with E-state index >= 15 is 0 Å². The zero-order valence-electron chi connectivity index (χ0n) is 13.3. The number of amides is 2. The first-order chi connectivity index (χ1) is 10.0. The highest BCUT2D eigenvalue weighted by Gasteiger charge is 2.35. The molecule has 0 bridgehead atoms. The molecule has 5 heteroatoms. The maximum atomic E-state index is 12.7. The lowest BCUT2D eigenvalue weighted by Gasteiger charge is -2.43. The maximum absolute atomic E-state index is 12.7. The summed E-state index contributed by atoms with van der Waals surface area (Å²) in [5.41, 5.74) is 0. The summed E-state index contributed by atoms with van der Waals surface area (Å²) >= 11 is 0. The van der Waals surface area contributed by atoms with E-state index in [-0.39, 0.29) is 18.5 Å². The molecule has 1 N–H and O–H groups in total. The standard InChI is InChI=1S/C16H28N2O3/c1-3-18(12(2)10-15(19)20)16(21)17-9-8-13-6-4-5-7-14(13)11-17/h12-14H,3-11H2,1-2H3,(H,19,20). The van der Waals surface area contributed by atoms with E-state index in [1.54, 1.807) is 4.90 Å². The Kier molecular flexibility index (Phi) is 5.48. The van der Waals surface area contributed by atoms with Crippen molar-refractivity contribution in [2.45, 2.75) is 58.4 Å². The van der Waals surface area contributed by atoms with E-state index in [4.69, 9.17) is 5.11 Å². The van der Waals surface area contributed by atoms with Gasteiger partial charge in [-0.05, 0) is 38.5 Å². The molecule has 0 spiro atoms. The molecule has 120 valence electrons. The third-order valence-corrected chi connectivity index (χ3v) is 5.15. The van der Waals surface area contributed by atoms with Gasteiger partial charge in [0.05, 0.1) is 6.42 Å². The lowest BCUT2D eigenvalue weighted by Crippen LogP contribution is -2.52. The van der Waals surface area contributed by atoms with E-state index in [0.29, 0.717) is 12.5 Å². The molecule has 2 rings (SSSR count). The summed E-state index contributed by atoms with van der Waals surface area (Å²) in [6.07, 6.45) is 6.31. The van der Waals surface area contributed by atoms with Crippen LogP contribution in [0, 0.1) is 11.8 Å². The predicted octanol–water partition coefficient (Wildman–Crippen LogP) is 2.80. The van der Waals surface area contributed by atoms with Gasteiger partial charge in [0.1, 0.15) is 0 Å². The molecule has 0 aromatic carbocycles. The van der Waals surface area contributed by atoms with Crippen molar-refractivity contribution in [1.29, 1.82) is 0 Å². The van der Waals surface area contributed by atoms with Gasteiger partial charge in [-0.1, -0.05) is 19.3 Å². The molecule has 0 radical (unpaired) electrons. The first kappa shape index (κ1) is 16.1. The molecule has 1 aliphatic heterocycles. The number of likely N-dealkylation sites (tertiary alicyclic amines) is 1. The number of carboxylic acids is 1. The molecule has 21 heavy (non-hydrogen) atoms. The van der Waals surface area contributed by atoms with Gasteiger partial charge < -0.3 is 14.9 Å². The lowest BCUT2D eigenvalue weighted by molar-refractivity contribution is -0.138. The Balaban J connectivity index is 1.96. The summed E-state index contributed by atoms with van der Waals surface area (Å²) in [4.78, 5) is 27.2. The minimum Gasteiger partial charge on any atom is -0.481 e. The van der Waals surface area contributed by atoms with Crippen LogP contribution in [0.5, 0.6) is 0 Å². The molecule has 3 unspecified atom stereocenters. The van der Waals surface area contributed by atoms with E-state index in [1.807, 2.05) is 18.7 Å².